The lowest BCUT2D eigenvalue weighted by Crippen LogP contribution is -2.18. The maximum atomic E-state index is 5.88. The zero-order valence-corrected chi connectivity index (χ0v) is 12.9. The number of hydrogen-bond donors (Lipinski definition) is 1. The number of nitrogen functional groups attached to an aromatic ring is 1. The molecule has 6 heteroatoms. The van der Waals surface area contributed by atoms with Crippen LogP contribution in [-0.4, -0.2) is 23.6 Å². The summed E-state index contributed by atoms with van der Waals surface area (Å²) in [6.07, 6.45) is 0.932. The molecule has 108 valence electrons. The molecule has 2 heterocycles. The van der Waals surface area contributed by atoms with Gasteiger partial charge in [0.1, 0.15) is 5.82 Å². The van der Waals surface area contributed by atoms with Crippen molar-refractivity contribution in [2.45, 2.75) is 26.8 Å². The monoisotopic (exact) mass is 292 g/mol. The van der Waals surface area contributed by atoms with Crippen molar-refractivity contribution in [1.82, 2.24) is 9.97 Å². The van der Waals surface area contributed by atoms with Gasteiger partial charge in [-0.05, 0) is 25.5 Å². The van der Waals surface area contributed by atoms with E-state index in [2.05, 4.69) is 21.8 Å². The van der Waals surface area contributed by atoms with Gasteiger partial charge in [0.2, 0.25) is 5.88 Å². The van der Waals surface area contributed by atoms with E-state index in [4.69, 9.17) is 10.5 Å². The lowest BCUT2D eigenvalue weighted by molar-refractivity contribution is 0.307. The second-order valence-corrected chi connectivity index (χ2v) is 5.57. The van der Waals surface area contributed by atoms with Crippen LogP contribution in [0.3, 0.4) is 0 Å². The fraction of sp³-hybridized carbons (Fsp3) is 0.429. The van der Waals surface area contributed by atoms with E-state index in [1.807, 2.05) is 31.6 Å². The number of thiazole rings is 1. The molecule has 0 amide bonds. The zero-order chi connectivity index (χ0) is 14.5. The minimum atomic E-state index is 0.511. The minimum absolute atomic E-state index is 0.511. The molecule has 0 unspecified atom stereocenters. The molecule has 0 spiro atoms. The van der Waals surface area contributed by atoms with Gasteiger partial charge in [0.25, 0.3) is 0 Å². The number of aromatic nitrogens is 2. The van der Waals surface area contributed by atoms with Crippen molar-refractivity contribution in [1.29, 1.82) is 0 Å². The molecular weight excluding hydrogens is 272 g/mol. The van der Waals surface area contributed by atoms with Crippen molar-refractivity contribution in [2.75, 3.05) is 24.3 Å². The first-order valence-electron chi connectivity index (χ1n) is 6.61. The summed E-state index contributed by atoms with van der Waals surface area (Å²) in [6.45, 7) is 5.48. The van der Waals surface area contributed by atoms with Crippen LogP contribution in [0.1, 0.15) is 23.9 Å². The predicted molar refractivity (Wildman–Crippen MR) is 83.4 cm³/mol. The number of hydrogen-bond acceptors (Lipinski definition) is 6. The number of nitrogens with two attached hydrogens (primary N) is 1. The predicted octanol–water partition coefficient (Wildman–Crippen LogP) is 2.85. The third-order valence-corrected chi connectivity index (χ3v) is 3.85. The topological polar surface area (TPSA) is 64.3 Å². The van der Waals surface area contributed by atoms with Crippen molar-refractivity contribution < 1.29 is 4.74 Å². The van der Waals surface area contributed by atoms with Gasteiger partial charge in [-0.15, -0.1) is 11.3 Å². The molecule has 2 N–H and O–H groups in total. The molecule has 0 aromatic carbocycles. The Morgan fingerprint density at radius 3 is 2.85 bits per heavy atom. The van der Waals surface area contributed by atoms with Crippen LogP contribution in [0.25, 0.3) is 0 Å². The summed E-state index contributed by atoms with van der Waals surface area (Å²) >= 11 is 1.66. The molecule has 2 aromatic rings. The lowest BCUT2D eigenvalue weighted by Gasteiger charge is -2.19. The van der Waals surface area contributed by atoms with Crippen LogP contribution in [0.5, 0.6) is 5.88 Å². The average Bonchev–Trinajstić information content (AvgIpc) is 2.83. The number of nitrogens with zero attached hydrogens (tertiary/aromatic N) is 3. The molecule has 5 nitrogen and oxygen atoms in total. The minimum Gasteiger partial charge on any atom is -0.476 e. The Kier molecular flexibility index (Phi) is 4.79. The molecule has 0 atom stereocenters. The summed E-state index contributed by atoms with van der Waals surface area (Å²) in [5.74, 6) is 1.36. The van der Waals surface area contributed by atoms with Gasteiger partial charge >= 0.3 is 0 Å². The van der Waals surface area contributed by atoms with Crippen molar-refractivity contribution in [2.24, 2.45) is 0 Å². The molecule has 0 aliphatic carbocycles. The van der Waals surface area contributed by atoms with E-state index in [0.29, 0.717) is 18.2 Å². The Balaban J connectivity index is 2.13. The van der Waals surface area contributed by atoms with E-state index in [9.17, 15) is 0 Å². The van der Waals surface area contributed by atoms with Crippen LogP contribution in [0.4, 0.5) is 11.5 Å². The van der Waals surface area contributed by atoms with Crippen molar-refractivity contribution in [3.05, 3.63) is 28.2 Å². The van der Waals surface area contributed by atoms with Gasteiger partial charge in [0, 0.05) is 11.9 Å². The molecule has 2 aromatic heterocycles. The van der Waals surface area contributed by atoms with E-state index in [0.717, 1.165) is 24.5 Å². The number of ether oxygens (including phenoxy) is 1. The van der Waals surface area contributed by atoms with Gasteiger partial charge in [0.05, 0.1) is 30.0 Å². The van der Waals surface area contributed by atoms with Crippen LogP contribution in [-0.2, 0) is 6.54 Å². The second-order valence-electron chi connectivity index (χ2n) is 4.63. The standard InChI is InChI=1S/C14H20N4OS/c1-4-7-19-14-11(15)5-6-13(17-14)18(3)8-12-10(2)16-9-20-12/h5-6,9H,4,7-8,15H2,1-3H3. The van der Waals surface area contributed by atoms with Crippen LogP contribution >= 0.6 is 11.3 Å². The first-order chi connectivity index (χ1) is 9.61. The number of aryl methyl sites for hydroxylation is 1. The number of rotatable bonds is 6. The third kappa shape index (κ3) is 3.39. The van der Waals surface area contributed by atoms with Gasteiger partial charge in [-0.2, -0.15) is 4.98 Å². The highest BCUT2D eigenvalue weighted by Crippen LogP contribution is 2.24. The summed E-state index contributed by atoms with van der Waals surface area (Å²) in [6, 6.07) is 3.74. The first kappa shape index (κ1) is 14.6. The van der Waals surface area contributed by atoms with E-state index in [1.165, 1.54) is 4.88 Å². The van der Waals surface area contributed by atoms with E-state index >= 15 is 0 Å². The molecule has 20 heavy (non-hydrogen) atoms. The SMILES string of the molecule is CCCOc1nc(N(C)Cc2scnc2C)ccc1N. The highest BCUT2D eigenvalue weighted by molar-refractivity contribution is 7.09. The molecule has 0 saturated carbocycles. The van der Waals surface area contributed by atoms with Crippen LogP contribution < -0.4 is 15.4 Å². The molecular formula is C14H20N4OS. The Labute approximate surface area is 123 Å². The molecule has 2 rings (SSSR count). The van der Waals surface area contributed by atoms with Crippen LogP contribution in [0.15, 0.2) is 17.6 Å². The van der Waals surface area contributed by atoms with Crippen molar-refractivity contribution >= 4 is 22.8 Å². The van der Waals surface area contributed by atoms with Gasteiger partial charge in [0.15, 0.2) is 0 Å². The molecule has 0 bridgehead atoms. The summed E-state index contributed by atoms with van der Waals surface area (Å²) in [4.78, 5) is 12.1. The average molecular weight is 292 g/mol. The van der Waals surface area contributed by atoms with Gasteiger partial charge in [-0.1, -0.05) is 6.92 Å². The Hall–Kier alpha value is -1.82. The normalized spacial score (nSPS) is 10.6. The number of anilines is 2. The van der Waals surface area contributed by atoms with Crippen LogP contribution in [0, 0.1) is 6.92 Å². The highest BCUT2D eigenvalue weighted by atomic mass is 32.1. The fourth-order valence-corrected chi connectivity index (χ4v) is 2.57. The summed E-state index contributed by atoms with van der Waals surface area (Å²) in [5, 5.41) is 0. The van der Waals surface area contributed by atoms with Crippen LogP contribution in [0.2, 0.25) is 0 Å². The van der Waals surface area contributed by atoms with Gasteiger partial charge in [-0.25, -0.2) is 4.98 Å². The quantitative estimate of drug-likeness (QED) is 0.887. The lowest BCUT2D eigenvalue weighted by atomic mass is 10.3. The fourth-order valence-electron chi connectivity index (χ4n) is 1.74. The second kappa shape index (κ2) is 6.56. The highest BCUT2D eigenvalue weighted by Gasteiger charge is 2.10. The molecule has 0 radical (unpaired) electrons. The Morgan fingerprint density at radius 1 is 1.40 bits per heavy atom. The molecule has 0 saturated heterocycles. The maximum absolute atomic E-state index is 5.88. The zero-order valence-electron chi connectivity index (χ0n) is 12.1. The molecule has 0 fully saturated rings. The Bertz CT molecular complexity index is 570. The van der Waals surface area contributed by atoms with Crippen molar-refractivity contribution in [3.63, 3.8) is 0 Å². The van der Waals surface area contributed by atoms with E-state index < -0.39 is 0 Å². The van der Waals surface area contributed by atoms with E-state index in [1.54, 1.807) is 11.3 Å². The maximum Gasteiger partial charge on any atom is 0.239 e. The molecule has 0 aliphatic heterocycles. The van der Waals surface area contributed by atoms with E-state index in [-0.39, 0.29) is 0 Å². The summed E-state index contributed by atoms with van der Waals surface area (Å²) < 4.78 is 5.56. The number of pyridine rings is 1. The van der Waals surface area contributed by atoms with Gasteiger partial charge in [-0.3, -0.25) is 0 Å². The largest absolute Gasteiger partial charge is 0.476 e. The Morgan fingerprint density at radius 2 is 2.20 bits per heavy atom. The smallest absolute Gasteiger partial charge is 0.239 e. The van der Waals surface area contributed by atoms with Gasteiger partial charge < -0.3 is 15.4 Å². The summed E-state index contributed by atoms with van der Waals surface area (Å²) in [5.41, 5.74) is 9.39. The van der Waals surface area contributed by atoms with Crippen molar-refractivity contribution in [3.8, 4) is 5.88 Å². The molecule has 0 aliphatic rings. The third-order valence-electron chi connectivity index (χ3n) is 2.93. The first-order valence-corrected chi connectivity index (χ1v) is 7.49. The summed E-state index contributed by atoms with van der Waals surface area (Å²) in [7, 11) is 2.00.